The zero-order chi connectivity index (χ0) is 21.9. The van der Waals surface area contributed by atoms with Gasteiger partial charge >= 0.3 is 23.3 Å². The second-order valence-corrected chi connectivity index (χ2v) is 9.55. The maximum Gasteiger partial charge on any atom is 0.460 e. The highest BCUT2D eigenvalue weighted by molar-refractivity contribution is 7.97. The average molecular weight is 456 g/mol. The molecule has 0 unspecified atom stereocenters. The first-order valence-corrected chi connectivity index (χ1v) is 10.4. The molecule has 0 spiro atoms. The zero-order valence-electron chi connectivity index (χ0n) is 13.9. The molecule has 1 fully saturated rings. The molecule has 1 aliphatic rings. The summed E-state index contributed by atoms with van der Waals surface area (Å²) >= 11 is 0. The molecule has 1 heterocycles. The minimum Gasteiger partial charge on any atom is -0.743 e. The van der Waals surface area contributed by atoms with Crippen LogP contribution in [-0.4, -0.2) is 53.5 Å². The second-order valence-electron chi connectivity index (χ2n) is 5.80. The molecular weight excluding hydrogens is 439 g/mol. The summed E-state index contributed by atoms with van der Waals surface area (Å²) in [6.45, 7) is 6.11. The van der Waals surface area contributed by atoms with Crippen molar-refractivity contribution in [3.05, 3.63) is 12.2 Å². The van der Waals surface area contributed by atoms with Crippen LogP contribution in [0.2, 0.25) is 0 Å². The maximum atomic E-state index is 12.2. The first-order valence-electron chi connectivity index (χ1n) is 7.23. The first kappa shape index (κ1) is 26.4. The summed E-state index contributed by atoms with van der Waals surface area (Å²) < 4.78 is 135. The fraction of sp³-hybridized carbons (Fsp3) is 0.846. The summed E-state index contributed by atoms with van der Waals surface area (Å²) in [5.74, 6) is -10.6. The monoisotopic (exact) mass is 456 g/mol. The third kappa shape index (κ3) is 6.17. The Morgan fingerprint density at radius 3 is 1.63 bits per heavy atom. The number of halogens is 9. The van der Waals surface area contributed by atoms with Crippen LogP contribution in [0.5, 0.6) is 0 Å². The van der Waals surface area contributed by atoms with Crippen LogP contribution < -0.4 is 0 Å². The topological polar surface area (TPSA) is 57.2 Å². The highest BCUT2D eigenvalue weighted by atomic mass is 32.2. The van der Waals surface area contributed by atoms with Gasteiger partial charge in [-0.2, -0.15) is 39.5 Å². The molecule has 1 saturated heterocycles. The Morgan fingerprint density at radius 2 is 1.33 bits per heavy atom. The van der Waals surface area contributed by atoms with Gasteiger partial charge in [0.15, 0.2) is 10.1 Å². The Hall–Kier alpha value is -0.630. The van der Waals surface area contributed by atoms with E-state index in [9.17, 15) is 52.5 Å². The molecule has 3 nitrogen and oxygen atoms in total. The lowest BCUT2D eigenvalue weighted by atomic mass is 10.1. The van der Waals surface area contributed by atoms with E-state index in [0.717, 1.165) is 10.9 Å². The summed E-state index contributed by atoms with van der Waals surface area (Å²) in [6, 6.07) is 0. The van der Waals surface area contributed by atoms with E-state index in [2.05, 4.69) is 13.5 Å². The van der Waals surface area contributed by atoms with Crippen molar-refractivity contribution in [3.63, 3.8) is 0 Å². The number of hydrogen-bond acceptors (Lipinski definition) is 3. The molecule has 162 valence electrons. The third-order valence-electron chi connectivity index (χ3n) is 3.25. The van der Waals surface area contributed by atoms with Crippen LogP contribution in [0, 0.1) is 0 Å². The Bertz CT molecular complexity index is 609. The summed E-state index contributed by atoms with van der Waals surface area (Å²) in [7, 11) is -6.69. The normalized spacial score (nSPS) is 17.9. The van der Waals surface area contributed by atoms with Crippen molar-refractivity contribution in [1.82, 2.24) is 0 Å². The summed E-state index contributed by atoms with van der Waals surface area (Å²) in [5, 5.41) is -7.11. The molecule has 0 saturated carbocycles. The van der Waals surface area contributed by atoms with Crippen LogP contribution in [0.4, 0.5) is 39.5 Å². The number of rotatable bonds is 5. The summed E-state index contributed by atoms with van der Waals surface area (Å²) in [6.07, 6.45) is -2.75. The van der Waals surface area contributed by atoms with E-state index in [-0.39, 0.29) is 0 Å². The molecule has 0 aromatic rings. The lowest BCUT2D eigenvalue weighted by molar-refractivity contribution is -0.382. The quantitative estimate of drug-likeness (QED) is 0.268. The lowest BCUT2D eigenvalue weighted by Crippen LogP contribution is -2.63. The predicted molar refractivity (Wildman–Crippen MR) is 81.2 cm³/mol. The van der Waals surface area contributed by atoms with Crippen molar-refractivity contribution in [3.8, 4) is 0 Å². The molecule has 0 atom stereocenters. The third-order valence-corrected chi connectivity index (χ3v) is 6.76. The molecule has 0 aromatic heterocycles. The van der Waals surface area contributed by atoms with Gasteiger partial charge in [0.2, 0.25) is 0 Å². The van der Waals surface area contributed by atoms with Gasteiger partial charge in [-0.3, -0.25) is 0 Å². The molecule has 1 rings (SSSR count). The van der Waals surface area contributed by atoms with Gasteiger partial charge < -0.3 is 4.55 Å². The average Bonchev–Trinajstić information content (AvgIpc) is 2.45. The van der Waals surface area contributed by atoms with Crippen molar-refractivity contribution in [2.75, 3.05) is 17.3 Å². The molecule has 0 radical (unpaired) electrons. The van der Waals surface area contributed by atoms with Crippen LogP contribution in [0.3, 0.4) is 0 Å². The van der Waals surface area contributed by atoms with E-state index in [1.807, 2.05) is 0 Å². The van der Waals surface area contributed by atoms with E-state index in [4.69, 9.17) is 0 Å². The van der Waals surface area contributed by atoms with Gasteiger partial charge in [0.05, 0.1) is 0 Å². The highest BCUT2D eigenvalue weighted by Crippen LogP contribution is 2.54. The van der Waals surface area contributed by atoms with Crippen molar-refractivity contribution in [2.45, 2.75) is 49.5 Å². The fourth-order valence-electron chi connectivity index (χ4n) is 1.90. The minimum atomic E-state index is -7.43. The fourth-order valence-corrected chi connectivity index (χ4v) is 4.76. The molecule has 27 heavy (non-hydrogen) atoms. The van der Waals surface area contributed by atoms with Crippen molar-refractivity contribution < 1.29 is 52.5 Å². The van der Waals surface area contributed by atoms with Crippen LogP contribution >= 0.6 is 0 Å². The summed E-state index contributed by atoms with van der Waals surface area (Å²) in [4.78, 5) is 0. The van der Waals surface area contributed by atoms with E-state index >= 15 is 0 Å². The van der Waals surface area contributed by atoms with Crippen molar-refractivity contribution in [1.29, 1.82) is 0 Å². The van der Waals surface area contributed by atoms with Gasteiger partial charge in [0.1, 0.15) is 17.3 Å². The maximum absolute atomic E-state index is 12.2. The van der Waals surface area contributed by atoms with Crippen LogP contribution in [-0.2, 0) is 21.0 Å². The van der Waals surface area contributed by atoms with Crippen molar-refractivity contribution in [2.24, 2.45) is 0 Å². The Labute approximate surface area is 153 Å². The highest BCUT2D eigenvalue weighted by Gasteiger charge is 2.83. The second kappa shape index (κ2) is 8.80. The van der Waals surface area contributed by atoms with Crippen LogP contribution in [0.25, 0.3) is 0 Å². The van der Waals surface area contributed by atoms with Gasteiger partial charge in [-0.25, -0.2) is 8.42 Å². The van der Waals surface area contributed by atoms with Gasteiger partial charge in [0.25, 0.3) is 0 Å². The Morgan fingerprint density at radius 1 is 0.926 bits per heavy atom. The van der Waals surface area contributed by atoms with Gasteiger partial charge in [-0.1, -0.05) is 6.58 Å². The largest absolute Gasteiger partial charge is 0.743 e. The zero-order valence-corrected chi connectivity index (χ0v) is 15.5. The van der Waals surface area contributed by atoms with Gasteiger partial charge in [-0.05, 0) is 42.7 Å². The van der Waals surface area contributed by atoms with Crippen molar-refractivity contribution >= 4 is 21.0 Å². The van der Waals surface area contributed by atoms with Gasteiger partial charge in [-0.15, -0.1) is 0 Å². The molecule has 0 N–H and O–H groups in total. The Balaban J connectivity index is 0.000000569. The predicted octanol–water partition coefficient (Wildman–Crippen LogP) is 4.32. The van der Waals surface area contributed by atoms with Gasteiger partial charge in [0, 0.05) is 0 Å². The Kier molecular flexibility index (Phi) is 8.60. The van der Waals surface area contributed by atoms with Crippen LogP contribution in [0.15, 0.2) is 12.2 Å². The number of alkyl halides is 9. The van der Waals surface area contributed by atoms with E-state index in [1.165, 1.54) is 42.1 Å². The first-order chi connectivity index (χ1) is 11.8. The van der Waals surface area contributed by atoms with Crippen LogP contribution in [0.1, 0.15) is 26.2 Å². The minimum absolute atomic E-state index is 0.726. The number of hydrogen-bond donors (Lipinski definition) is 0. The molecule has 0 aliphatic carbocycles. The van der Waals surface area contributed by atoms with E-state index < -0.39 is 33.4 Å². The molecule has 0 bridgehead atoms. The molecule has 0 aromatic carbocycles. The molecular formula is C13H17F9O3S2. The van der Waals surface area contributed by atoms with E-state index in [0.29, 0.717) is 0 Å². The van der Waals surface area contributed by atoms with E-state index in [1.54, 1.807) is 0 Å². The summed E-state index contributed by atoms with van der Waals surface area (Å²) in [5.41, 5.74) is 1.38. The standard InChI is InChI=1S/C9H17S.C4HF9O3S/c1-9(2)8-10-6-4-3-5-7-10;5-1(6,3(9,10)11)2(7,8)4(12,13)17(14,15)16/h1,3-8H2,2H3;(H,14,15,16)/q+1;/p-1. The molecule has 0 amide bonds. The molecule has 14 heteroatoms. The lowest BCUT2D eigenvalue weighted by Gasteiger charge is -2.34. The molecule has 1 aliphatic heterocycles. The smallest absolute Gasteiger partial charge is 0.460 e. The SMILES string of the molecule is C=C(C)C[S+]1CCCCC1.O=S(=O)([O-])C(F)(F)C(F)(F)C(F)(F)C(F)(F)F.